The molecule has 0 aliphatic carbocycles. The molecule has 3 nitrogen and oxygen atoms in total. The van der Waals surface area contributed by atoms with Crippen LogP contribution in [0.5, 0.6) is 0 Å². The molecule has 3 rings (SSSR count). The molecule has 0 unspecified atom stereocenters. The third-order valence-corrected chi connectivity index (χ3v) is 4.64. The molecular formula is C19H17BrClFN2O. The van der Waals surface area contributed by atoms with Crippen molar-refractivity contribution in [3.8, 4) is 11.4 Å². The number of carbonyl (C=O) groups is 1. The number of rotatable bonds is 5. The Morgan fingerprint density at radius 2 is 2.04 bits per heavy atom. The fourth-order valence-electron chi connectivity index (χ4n) is 2.81. The first-order chi connectivity index (χ1) is 11.8. The summed E-state index contributed by atoms with van der Waals surface area (Å²) in [5.41, 5.74) is 2.30. The van der Waals surface area contributed by atoms with E-state index in [2.05, 4.69) is 20.9 Å². The molecule has 0 spiro atoms. The third kappa shape index (κ3) is 3.93. The third-order valence-electron chi connectivity index (χ3n) is 3.86. The van der Waals surface area contributed by atoms with Gasteiger partial charge in [-0.05, 0) is 42.3 Å². The predicted octanol–water partition coefficient (Wildman–Crippen LogP) is 5.87. The van der Waals surface area contributed by atoms with E-state index in [1.54, 1.807) is 6.07 Å². The molecule has 3 aromatic rings. The van der Waals surface area contributed by atoms with Gasteiger partial charge in [-0.3, -0.25) is 4.79 Å². The Morgan fingerprint density at radius 1 is 1.28 bits per heavy atom. The molecule has 0 saturated carbocycles. The highest BCUT2D eigenvalue weighted by atomic mass is 79.9. The number of benzene rings is 2. The van der Waals surface area contributed by atoms with Gasteiger partial charge in [0.05, 0.1) is 22.6 Å². The number of carbonyl (C=O) groups excluding carboxylic acids is 1. The number of hydrogen-bond acceptors (Lipinski definition) is 2. The van der Waals surface area contributed by atoms with Crippen LogP contribution in [0.4, 0.5) is 4.39 Å². The normalized spacial score (nSPS) is 11.4. The van der Waals surface area contributed by atoms with Gasteiger partial charge < -0.3 is 4.57 Å². The summed E-state index contributed by atoms with van der Waals surface area (Å²) in [7, 11) is 0. The lowest BCUT2D eigenvalue weighted by atomic mass is 10.1. The van der Waals surface area contributed by atoms with Gasteiger partial charge in [-0.2, -0.15) is 0 Å². The van der Waals surface area contributed by atoms with Crippen molar-refractivity contribution in [1.82, 2.24) is 9.55 Å². The van der Waals surface area contributed by atoms with Crippen LogP contribution < -0.4 is 0 Å². The van der Waals surface area contributed by atoms with Crippen LogP contribution >= 0.6 is 27.5 Å². The van der Waals surface area contributed by atoms with E-state index in [0.717, 1.165) is 15.5 Å². The molecule has 0 bridgehead atoms. The summed E-state index contributed by atoms with van der Waals surface area (Å²) in [6.45, 7) is 4.25. The van der Waals surface area contributed by atoms with Gasteiger partial charge >= 0.3 is 0 Å². The SMILES string of the molecule is CC(C)CC(=O)Cn1c(-c2ccc(F)c(Cl)c2)nc2ccc(Br)cc21. The van der Waals surface area contributed by atoms with Crippen LogP contribution in [0, 0.1) is 11.7 Å². The molecule has 0 fully saturated rings. The number of aromatic nitrogens is 2. The van der Waals surface area contributed by atoms with Gasteiger partial charge in [0, 0.05) is 16.5 Å². The quantitative estimate of drug-likeness (QED) is 0.514. The summed E-state index contributed by atoms with van der Waals surface area (Å²) in [5.74, 6) is 0.542. The van der Waals surface area contributed by atoms with Gasteiger partial charge in [-0.1, -0.05) is 41.4 Å². The zero-order valence-electron chi connectivity index (χ0n) is 13.9. The second kappa shape index (κ2) is 7.26. The van der Waals surface area contributed by atoms with Gasteiger partial charge in [0.1, 0.15) is 11.6 Å². The number of hydrogen-bond donors (Lipinski definition) is 0. The lowest BCUT2D eigenvalue weighted by Crippen LogP contribution is -2.13. The van der Waals surface area contributed by atoms with E-state index in [-0.39, 0.29) is 23.3 Å². The van der Waals surface area contributed by atoms with Crippen LogP contribution in [0.3, 0.4) is 0 Å². The summed E-state index contributed by atoms with van der Waals surface area (Å²) >= 11 is 9.39. The monoisotopic (exact) mass is 422 g/mol. The Balaban J connectivity index is 2.14. The van der Waals surface area contributed by atoms with Crippen molar-refractivity contribution in [2.45, 2.75) is 26.8 Å². The van der Waals surface area contributed by atoms with Crippen molar-refractivity contribution in [1.29, 1.82) is 0 Å². The van der Waals surface area contributed by atoms with E-state index in [1.165, 1.54) is 12.1 Å². The number of fused-ring (bicyclic) bond motifs is 1. The molecular weight excluding hydrogens is 407 g/mol. The van der Waals surface area contributed by atoms with Crippen molar-refractivity contribution in [2.24, 2.45) is 5.92 Å². The molecule has 0 N–H and O–H groups in total. The first-order valence-electron chi connectivity index (χ1n) is 7.98. The number of Topliss-reactive ketones (excluding diaryl/α,β-unsaturated/α-hetero) is 1. The highest BCUT2D eigenvalue weighted by Crippen LogP contribution is 2.29. The van der Waals surface area contributed by atoms with Crippen LogP contribution in [0.15, 0.2) is 40.9 Å². The minimum Gasteiger partial charge on any atom is -0.316 e. The Bertz CT molecular complexity index is 952. The molecule has 25 heavy (non-hydrogen) atoms. The van der Waals surface area contributed by atoms with Crippen molar-refractivity contribution < 1.29 is 9.18 Å². The Morgan fingerprint density at radius 3 is 2.72 bits per heavy atom. The molecule has 2 aromatic carbocycles. The van der Waals surface area contributed by atoms with Crippen molar-refractivity contribution in [2.75, 3.05) is 0 Å². The highest BCUT2D eigenvalue weighted by molar-refractivity contribution is 9.10. The fraction of sp³-hybridized carbons (Fsp3) is 0.263. The molecule has 130 valence electrons. The number of ketones is 1. The maximum atomic E-state index is 13.5. The topological polar surface area (TPSA) is 34.9 Å². The average molecular weight is 424 g/mol. The number of nitrogens with zero attached hydrogens (tertiary/aromatic N) is 2. The molecule has 6 heteroatoms. The maximum Gasteiger partial charge on any atom is 0.152 e. The van der Waals surface area contributed by atoms with Crippen LogP contribution in [0.25, 0.3) is 22.4 Å². The molecule has 0 saturated heterocycles. The number of imidazole rings is 1. The molecule has 0 amide bonds. The zero-order chi connectivity index (χ0) is 18.1. The first kappa shape index (κ1) is 18.1. The molecule has 1 aromatic heterocycles. The minimum absolute atomic E-state index is 0.0331. The number of halogens is 3. The van der Waals surface area contributed by atoms with Gasteiger partial charge in [-0.15, -0.1) is 0 Å². The first-order valence-corrected chi connectivity index (χ1v) is 9.15. The van der Waals surface area contributed by atoms with E-state index < -0.39 is 5.82 Å². The zero-order valence-corrected chi connectivity index (χ0v) is 16.2. The Hall–Kier alpha value is -1.72. The molecule has 0 aliphatic rings. The molecule has 0 aliphatic heterocycles. The van der Waals surface area contributed by atoms with Gasteiger partial charge in [-0.25, -0.2) is 9.37 Å². The van der Waals surface area contributed by atoms with Gasteiger partial charge in [0.15, 0.2) is 5.78 Å². The van der Waals surface area contributed by atoms with Crippen LogP contribution in [-0.4, -0.2) is 15.3 Å². The van der Waals surface area contributed by atoms with Gasteiger partial charge in [0.25, 0.3) is 0 Å². The van der Waals surface area contributed by atoms with Crippen molar-refractivity contribution in [3.05, 3.63) is 51.7 Å². The Labute approximate surface area is 158 Å². The van der Waals surface area contributed by atoms with Crippen LogP contribution in [-0.2, 0) is 11.3 Å². The van der Waals surface area contributed by atoms with E-state index >= 15 is 0 Å². The van der Waals surface area contributed by atoms with Crippen molar-refractivity contribution in [3.63, 3.8) is 0 Å². The summed E-state index contributed by atoms with van der Waals surface area (Å²) in [4.78, 5) is 17.0. The smallest absolute Gasteiger partial charge is 0.152 e. The summed E-state index contributed by atoms with van der Waals surface area (Å²) < 4.78 is 16.3. The van der Waals surface area contributed by atoms with E-state index in [1.807, 2.05) is 36.6 Å². The molecule has 0 atom stereocenters. The second-order valence-corrected chi connectivity index (χ2v) is 7.74. The molecule has 1 heterocycles. The van der Waals surface area contributed by atoms with E-state index in [0.29, 0.717) is 17.8 Å². The van der Waals surface area contributed by atoms with Crippen molar-refractivity contribution >= 4 is 44.3 Å². The highest BCUT2D eigenvalue weighted by Gasteiger charge is 2.17. The fourth-order valence-corrected chi connectivity index (χ4v) is 3.34. The standard InChI is InChI=1S/C19H17BrClFN2O/c1-11(2)7-14(25)10-24-18-9-13(20)4-6-17(18)23-19(24)12-3-5-16(22)15(21)8-12/h3-6,8-9,11H,7,10H2,1-2H3. The van der Waals surface area contributed by atoms with E-state index in [9.17, 15) is 9.18 Å². The lowest BCUT2D eigenvalue weighted by molar-refractivity contribution is -0.120. The molecule has 0 radical (unpaired) electrons. The lowest BCUT2D eigenvalue weighted by Gasteiger charge is -2.10. The minimum atomic E-state index is -0.480. The van der Waals surface area contributed by atoms with Gasteiger partial charge in [0.2, 0.25) is 0 Å². The summed E-state index contributed by atoms with van der Waals surface area (Å²) in [6, 6.07) is 10.2. The maximum absolute atomic E-state index is 13.5. The largest absolute Gasteiger partial charge is 0.316 e. The average Bonchev–Trinajstić information content (AvgIpc) is 2.87. The van der Waals surface area contributed by atoms with Crippen LogP contribution in [0.2, 0.25) is 5.02 Å². The second-order valence-electron chi connectivity index (χ2n) is 6.42. The summed E-state index contributed by atoms with van der Waals surface area (Å²) in [5, 5.41) is 0.0331. The van der Waals surface area contributed by atoms with Crippen LogP contribution in [0.1, 0.15) is 20.3 Å². The summed E-state index contributed by atoms with van der Waals surface area (Å²) in [6.07, 6.45) is 0.497. The predicted molar refractivity (Wildman–Crippen MR) is 102 cm³/mol. The van der Waals surface area contributed by atoms with E-state index in [4.69, 9.17) is 11.6 Å². The Kier molecular flexibility index (Phi) is 5.25.